The third kappa shape index (κ3) is 14.0. The number of primary amides is 1. The van der Waals surface area contributed by atoms with Gasteiger partial charge in [-0.05, 0) is 56.9 Å². The summed E-state index contributed by atoms with van der Waals surface area (Å²) >= 11 is 0. The van der Waals surface area contributed by atoms with Gasteiger partial charge in [-0.15, -0.1) is 0 Å². The quantitative estimate of drug-likeness (QED) is 0.205. The van der Waals surface area contributed by atoms with E-state index in [4.69, 9.17) is 4.79 Å². The maximum absolute atomic E-state index is 12.9. The second-order valence-electron chi connectivity index (χ2n) is 9.62. The number of halogens is 3. The van der Waals surface area contributed by atoms with E-state index in [1.165, 1.54) is 0 Å². The smallest absolute Gasteiger partial charge is 0.362 e. The number of likely N-dealkylation sites (N-methyl/N-ethyl adjacent to an activating group) is 1. The summed E-state index contributed by atoms with van der Waals surface area (Å²) in [7, 11) is 1.99. The van der Waals surface area contributed by atoms with E-state index in [1.54, 1.807) is 0 Å². The summed E-state index contributed by atoms with van der Waals surface area (Å²) < 4.78 is 32.1. The van der Waals surface area contributed by atoms with Crippen LogP contribution >= 0.6 is 0 Å². The summed E-state index contributed by atoms with van der Waals surface area (Å²) in [6, 6.07) is 1.54. The van der Waals surface area contributed by atoms with E-state index in [0.717, 1.165) is 57.8 Å². The molecule has 0 radical (unpaired) electrons. The molecular formula is C25H42F3N5O4. The first kappa shape index (κ1) is 34.3. The number of amides is 3. The maximum Gasteiger partial charge on any atom is 0.470 e. The van der Waals surface area contributed by atoms with Crippen molar-refractivity contribution in [3.63, 3.8) is 0 Å². The number of nitrogens with zero attached hydrogens (tertiary/aromatic N) is 2. The summed E-state index contributed by atoms with van der Waals surface area (Å²) in [5.41, 5.74) is 3.81. The number of hydrogen-bond donors (Lipinski definition) is 3. The average Bonchev–Trinajstić information content (AvgIpc) is 3.11. The molecule has 1 rings (SSSR count). The molecule has 0 aromatic carbocycles. The number of unbranched alkanes of at least 4 members (excludes halogenated alkanes) is 3. The van der Waals surface area contributed by atoms with Crippen LogP contribution in [0.5, 0.6) is 0 Å². The molecule has 5 atom stereocenters. The molecule has 0 aromatic rings. The van der Waals surface area contributed by atoms with Gasteiger partial charge in [0.15, 0.2) is 0 Å². The van der Waals surface area contributed by atoms with Crippen molar-refractivity contribution in [1.82, 2.24) is 15.5 Å². The summed E-state index contributed by atoms with van der Waals surface area (Å²) in [6.07, 6.45) is 4.75. The third-order valence-electron chi connectivity index (χ3n) is 6.71. The molecule has 0 aromatic heterocycles. The number of aldehydes is 1. The van der Waals surface area contributed by atoms with E-state index in [9.17, 15) is 32.8 Å². The molecule has 0 spiro atoms. The first-order chi connectivity index (χ1) is 17.4. The Hall–Kier alpha value is -2.68. The first-order valence-electron chi connectivity index (χ1n) is 12.8. The summed E-state index contributed by atoms with van der Waals surface area (Å²) in [5.74, 6) is -1.24. The molecule has 1 saturated heterocycles. The van der Waals surface area contributed by atoms with Crippen LogP contribution in [0.3, 0.4) is 0 Å². The van der Waals surface area contributed by atoms with Gasteiger partial charge in [-0.2, -0.15) is 18.4 Å². The van der Waals surface area contributed by atoms with Crippen LogP contribution in [0.4, 0.5) is 13.2 Å². The fraction of sp³-hybridized carbons (Fsp3) is 0.800. The van der Waals surface area contributed by atoms with E-state index in [1.807, 2.05) is 7.05 Å². The third-order valence-corrected chi connectivity index (χ3v) is 6.71. The number of nitrogens with one attached hydrogen (secondary N) is 2. The molecule has 37 heavy (non-hydrogen) atoms. The van der Waals surface area contributed by atoms with Crippen LogP contribution in [0.25, 0.3) is 0 Å². The molecule has 1 heterocycles. The summed E-state index contributed by atoms with van der Waals surface area (Å²) in [5, 5.41) is 15.3. The Morgan fingerprint density at radius 2 is 1.84 bits per heavy atom. The zero-order valence-electron chi connectivity index (χ0n) is 22.1. The molecule has 0 bridgehead atoms. The molecule has 4 N–H and O–H groups in total. The number of likely N-dealkylation sites (tertiary alicyclic amines) is 1. The average molecular weight is 534 g/mol. The predicted octanol–water partition coefficient (Wildman–Crippen LogP) is 2.69. The topological polar surface area (TPSA) is 145 Å². The van der Waals surface area contributed by atoms with Gasteiger partial charge in [0.2, 0.25) is 12.3 Å². The molecule has 0 aliphatic carbocycles. The Morgan fingerprint density at radius 1 is 1.19 bits per heavy atom. The number of nitriles is 1. The van der Waals surface area contributed by atoms with Crippen molar-refractivity contribution in [2.45, 2.75) is 89.9 Å². The van der Waals surface area contributed by atoms with Crippen molar-refractivity contribution in [3.05, 3.63) is 0 Å². The Kier molecular flexibility index (Phi) is 17.2. The van der Waals surface area contributed by atoms with Crippen LogP contribution in [0.15, 0.2) is 0 Å². The molecule has 1 aliphatic rings. The normalized spacial score (nSPS) is 21.1. The zero-order valence-corrected chi connectivity index (χ0v) is 22.1. The molecule has 12 heteroatoms. The minimum atomic E-state index is -4.86. The van der Waals surface area contributed by atoms with Gasteiger partial charge in [-0.1, -0.05) is 33.1 Å². The highest BCUT2D eigenvalue weighted by molar-refractivity contribution is 5.83. The summed E-state index contributed by atoms with van der Waals surface area (Å²) in [6.45, 7) is 5.81. The lowest BCUT2D eigenvalue weighted by Crippen LogP contribution is -2.47. The minimum Gasteiger partial charge on any atom is -0.362 e. The lowest BCUT2D eigenvalue weighted by Gasteiger charge is -2.25. The number of alkyl halides is 3. The van der Waals surface area contributed by atoms with Crippen molar-refractivity contribution < 1.29 is 32.3 Å². The molecule has 9 nitrogen and oxygen atoms in total. The van der Waals surface area contributed by atoms with Crippen LogP contribution in [0.2, 0.25) is 0 Å². The second-order valence-corrected chi connectivity index (χ2v) is 9.62. The van der Waals surface area contributed by atoms with Gasteiger partial charge in [0.1, 0.15) is 12.3 Å². The number of rotatable bonds is 16. The van der Waals surface area contributed by atoms with E-state index in [-0.39, 0.29) is 23.8 Å². The first-order valence-corrected chi connectivity index (χ1v) is 12.8. The van der Waals surface area contributed by atoms with E-state index < -0.39 is 18.1 Å². The Bertz CT molecular complexity index is 745. The largest absolute Gasteiger partial charge is 0.470 e. The zero-order chi connectivity index (χ0) is 28.4. The molecule has 3 unspecified atom stereocenters. The number of carbonyl (C=O) groups is 4. The highest BCUT2D eigenvalue weighted by atomic mass is 19.4. The number of nitrogens with two attached hydrogens (primary N) is 1. The lowest BCUT2D eigenvalue weighted by atomic mass is 9.88. The van der Waals surface area contributed by atoms with Crippen LogP contribution in [-0.2, 0) is 19.2 Å². The highest BCUT2D eigenvalue weighted by Crippen LogP contribution is 2.31. The maximum atomic E-state index is 12.9. The van der Waals surface area contributed by atoms with Crippen LogP contribution < -0.4 is 16.4 Å². The second kappa shape index (κ2) is 18.5. The molecule has 3 amide bonds. The van der Waals surface area contributed by atoms with Gasteiger partial charge in [-0.25, -0.2) is 0 Å². The van der Waals surface area contributed by atoms with Crippen molar-refractivity contribution in [3.8, 4) is 6.07 Å². The SMILES string of the molecule is CCC[C@H]1CN(C)C(C(=O)NC(C#N)CC[C@@H](CCCCCC=O)CNC=O)C1C.NC(=O)C(F)(F)F. The van der Waals surface area contributed by atoms with Crippen LogP contribution in [0, 0.1) is 29.1 Å². The van der Waals surface area contributed by atoms with Crippen molar-refractivity contribution >= 4 is 24.5 Å². The lowest BCUT2D eigenvalue weighted by molar-refractivity contribution is -0.169. The fourth-order valence-electron chi connectivity index (χ4n) is 4.70. The predicted molar refractivity (Wildman–Crippen MR) is 133 cm³/mol. The van der Waals surface area contributed by atoms with Gasteiger partial charge in [0, 0.05) is 19.5 Å². The molecule has 1 aliphatic heterocycles. The van der Waals surface area contributed by atoms with Crippen molar-refractivity contribution in [2.75, 3.05) is 20.1 Å². The molecule has 212 valence electrons. The van der Waals surface area contributed by atoms with Gasteiger partial charge in [0.05, 0.1) is 12.1 Å². The van der Waals surface area contributed by atoms with Crippen LogP contribution in [-0.4, -0.2) is 67.8 Å². The fourth-order valence-corrected chi connectivity index (χ4v) is 4.70. The molecular weight excluding hydrogens is 491 g/mol. The van der Waals surface area contributed by atoms with Gasteiger partial charge < -0.3 is 21.2 Å². The molecule has 0 saturated carbocycles. The number of hydrogen-bond acceptors (Lipinski definition) is 6. The van der Waals surface area contributed by atoms with Crippen LogP contribution in [0.1, 0.15) is 71.6 Å². The molecule has 1 fully saturated rings. The Labute approximate surface area is 217 Å². The Balaban J connectivity index is 0.00000161. The van der Waals surface area contributed by atoms with Gasteiger partial charge >= 0.3 is 12.1 Å². The highest BCUT2D eigenvalue weighted by Gasteiger charge is 2.41. The number of carbonyl (C=O) groups excluding carboxylic acids is 4. The standard InChI is InChI=1S/C23H40N4O3.C2H2F3NO/c1-4-9-20-16-27(3)22(18(20)2)23(30)26-21(14-24)12-11-19(15-25-17-29)10-7-5-6-8-13-28;3-2(4,5)1(6)7/h13,17-22H,4-12,15-16H2,1-3H3,(H,25,29)(H,26,30);(H2,6,7)/t18?,19-,20+,21?,22?;/m1./s1. The summed E-state index contributed by atoms with van der Waals surface area (Å²) in [4.78, 5) is 45.2. The van der Waals surface area contributed by atoms with Crippen molar-refractivity contribution in [2.24, 2.45) is 23.5 Å². The Morgan fingerprint density at radius 3 is 2.35 bits per heavy atom. The monoisotopic (exact) mass is 533 g/mol. The van der Waals surface area contributed by atoms with E-state index in [2.05, 4.69) is 41.2 Å². The van der Waals surface area contributed by atoms with Crippen molar-refractivity contribution in [1.29, 1.82) is 5.26 Å². The minimum absolute atomic E-state index is 0.0495. The van der Waals surface area contributed by atoms with Gasteiger partial charge in [0.25, 0.3) is 0 Å². The van der Waals surface area contributed by atoms with E-state index >= 15 is 0 Å². The van der Waals surface area contributed by atoms with Gasteiger partial charge in [-0.3, -0.25) is 19.3 Å². The van der Waals surface area contributed by atoms with E-state index in [0.29, 0.717) is 31.7 Å².